The van der Waals surface area contributed by atoms with Crippen LogP contribution in [-0.2, 0) is 109 Å². The van der Waals surface area contributed by atoms with Crippen LogP contribution in [-0.4, -0.2) is 305 Å². The number of azide groups is 1. The molecule has 2 saturated heterocycles. The molecule has 0 radical (unpaired) electrons. The fraction of sp³-hybridized carbons (Fsp3) is 0.640. The third-order valence-electron chi connectivity index (χ3n) is 21.9. The van der Waals surface area contributed by atoms with Crippen molar-refractivity contribution in [1.82, 2.24) is 78.9 Å². The topological polar surface area (TPSA) is 782 Å². The van der Waals surface area contributed by atoms with Gasteiger partial charge < -0.3 is 142 Å². The van der Waals surface area contributed by atoms with Gasteiger partial charge in [-0.3, -0.25) is 87.5 Å². The van der Waals surface area contributed by atoms with Crippen LogP contribution in [0.5, 0.6) is 11.5 Å². The number of carbonyl (C=O) groups excluding carboxylic acids is 14. The number of phenols is 2. The van der Waals surface area contributed by atoms with Gasteiger partial charge in [-0.15, -0.1) is 0 Å². The molecule has 2 aromatic rings. The number of nitrogens with two attached hydrogens (primary N) is 4. The fourth-order valence-corrected chi connectivity index (χ4v) is 14.7. The summed E-state index contributed by atoms with van der Waals surface area (Å²) in [6, 6.07) is -9.51. The normalized spacial score (nSPS) is 16.0. The van der Waals surface area contributed by atoms with Gasteiger partial charge >= 0.3 is 17.9 Å². The highest BCUT2D eigenvalue weighted by atomic mass is 16.5. The number of aromatic hydroxyl groups is 2. The fourth-order valence-electron chi connectivity index (χ4n) is 14.7. The first-order valence-corrected chi connectivity index (χ1v) is 45.1. The van der Waals surface area contributed by atoms with Gasteiger partial charge in [0.1, 0.15) is 90.0 Å². The summed E-state index contributed by atoms with van der Waals surface area (Å²) in [6.07, 6.45) is -3.73. The molecule has 14 atom stereocenters. The number of unbranched alkanes of at least 4 members (excludes halogenated alkanes) is 1. The number of aliphatic carboxylic acids is 3. The third kappa shape index (κ3) is 43.1. The first-order chi connectivity index (χ1) is 64.1. The smallest absolute Gasteiger partial charge is 0.326 e. The van der Waals surface area contributed by atoms with E-state index < -0.39 is 229 Å². The number of hydrogen-bond acceptors (Lipinski definition) is 26. The van der Waals surface area contributed by atoms with Gasteiger partial charge in [0.15, 0.2) is 11.9 Å². The summed E-state index contributed by atoms with van der Waals surface area (Å²) < 4.78 is 16.1. The number of hydrogen-bond donors (Lipinski definition) is 24. The summed E-state index contributed by atoms with van der Waals surface area (Å²) in [4.78, 5) is 244. The zero-order valence-corrected chi connectivity index (χ0v) is 77.1. The van der Waals surface area contributed by atoms with Crippen LogP contribution < -0.4 is 92.1 Å². The van der Waals surface area contributed by atoms with Gasteiger partial charge in [0.05, 0.1) is 52.5 Å². The molecule has 28 N–H and O–H groups in total. The zero-order valence-electron chi connectivity index (χ0n) is 77.1. The molecule has 49 heteroatoms. The van der Waals surface area contributed by atoms with E-state index >= 15 is 14.4 Å². The monoisotopic (exact) mass is 1910 g/mol. The first-order valence-electron chi connectivity index (χ1n) is 45.1. The largest absolute Gasteiger partial charge is 0.508 e. The van der Waals surface area contributed by atoms with Gasteiger partial charge in [0.25, 0.3) is 0 Å². The highest BCUT2D eigenvalue weighted by molar-refractivity contribution is 6.02. The lowest BCUT2D eigenvalue weighted by Crippen LogP contribution is -2.61. The van der Waals surface area contributed by atoms with Crippen molar-refractivity contribution in [2.24, 2.45) is 45.8 Å². The van der Waals surface area contributed by atoms with E-state index in [9.17, 15) is 92.7 Å². The number of carbonyl (C=O) groups is 17. The highest BCUT2D eigenvalue weighted by Crippen LogP contribution is 2.25. The van der Waals surface area contributed by atoms with Gasteiger partial charge in [-0.2, -0.15) is 0 Å². The Hall–Kier alpha value is -13.3. The summed E-state index contributed by atoms with van der Waals surface area (Å²) in [7, 11) is 0. The molecule has 49 nitrogen and oxygen atoms in total. The molecule has 2 aliphatic rings. The summed E-state index contributed by atoms with van der Waals surface area (Å²) in [5.41, 5.74) is 31.8. The minimum atomic E-state index is -2.16. The summed E-state index contributed by atoms with van der Waals surface area (Å²) in [5, 5.41) is 102. The van der Waals surface area contributed by atoms with E-state index in [0.717, 1.165) is 4.90 Å². The molecule has 2 aromatic carbocycles. The van der Waals surface area contributed by atoms with Crippen LogP contribution in [0.15, 0.2) is 53.6 Å². The van der Waals surface area contributed by atoms with E-state index in [1.807, 2.05) is 0 Å². The SMILES string of the molecule is CCC(C)C(NC(=O)C(Cc1ccc(O)cc1)NC(=O)C1CCCN1C(=O)C(CCCNC(=N)N)NC(=O)C(CCCNC(=N)N)NC(=O)C1CCCN1C(=O)C(CCCCN)NC(=O)C(CC(N)=O)NC(=O)C(CC(=O)O)NC(=O)C(Cc1ccc(O)cc1)NC(=O)C(CC(C)C)NC(=O)C(CCC(=O)O)NC(=O)CCOCCOCCOCCN=[N+]=[N-])C(=O)NC(CC(C)C)C(=O)O. The van der Waals surface area contributed by atoms with Crippen molar-refractivity contribution in [3.8, 4) is 11.5 Å². The van der Waals surface area contributed by atoms with Crippen molar-refractivity contribution in [1.29, 1.82) is 10.8 Å². The van der Waals surface area contributed by atoms with E-state index in [2.05, 4.69) is 79.1 Å². The molecule has 14 amide bonds. The van der Waals surface area contributed by atoms with Crippen molar-refractivity contribution in [3.63, 3.8) is 0 Å². The minimum absolute atomic E-state index is 0.00131. The second-order valence-electron chi connectivity index (χ2n) is 33.8. The maximum Gasteiger partial charge on any atom is 0.326 e. The minimum Gasteiger partial charge on any atom is -0.508 e. The van der Waals surface area contributed by atoms with Crippen molar-refractivity contribution < 1.29 is 121 Å². The number of carboxylic acids is 3. The molecule has 0 spiro atoms. The number of guanidine groups is 2. The predicted molar refractivity (Wildman–Crippen MR) is 486 cm³/mol. The number of primary amides is 1. The van der Waals surface area contributed by atoms with E-state index in [4.69, 9.17) is 53.5 Å². The van der Waals surface area contributed by atoms with E-state index in [1.54, 1.807) is 41.5 Å². The van der Waals surface area contributed by atoms with Gasteiger partial charge in [0.2, 0.25) is 82.7 Å². The average Bonchev–Trinajstić information content (AvgIpc) is 1.75. The predicted octanol–water partition coefficient (Wildman–Crippen LogP) is -2.96. The number of likely N-dealkylation sites (tertiary alicyclic amines) is 2. The number of nitrogens with one attached hydrogen (secondary N) is 15. The van der Waals surface area contributed by atoms with Gasteiger partial charge in [0, 0.05) is 63.3 Å². The number of carboxylic acid groups (broad SMARTS) is 3. The Morgan fingerprint density at radius 1 is 0.467 bits per heavy atom. The molecule has 0 bridgehead atoms. The van der Waals surface area contributed by atoms with Crippen LogP contribution >= 0.6 is 0 Å². The number of amides is 14. The number of ether oxygens (including phenoxy) is 3. The van der Waals surface area contributed by atoms with E-state index in [0.29, 0.717) is 12.0 Å². The average molecular weight is 1910 g/mol. The molecule has 135 heavy (non-hydrogen) atoms. The second kappa shape index (κ2) is 60.8. The first kappa shape index (κ1) is 114. The molecule has 0 saturated carbocycles. The van der Waals surface area contributed by atoms with Crippen LogP contribution in [0.1, 0.15) is 175 Å². The zero-order chi connectivity index (χ0) is 100. The Balaban J connectivity index is 1.63. The lowest BCUT2D eigenvalue weighted by molar-refractivity contribution is -0.144. The Kier molecular flexibility index (Phi) is 51.3. The summed E-state index contributed by atoms with van der Waals surface area (Å²) in [5.74, 6) is -20.6. The molecule has 2 heterocycles. The molecule has 750 valence electrons. The van der Waals surface area contributed by atoms with Crippen LogP contribution in [0.3, 0.4) is 0 Å². The molecule has 14 unspecified atom stereocenters. The maximum absolute atomic E-state index is 15.2. The molecular weight excluding hydrogens is 1770 g/mol. The Morgan fingerprint density at radius 2 is 0.867 bits per heavy atom. The second-order valence-corrected chi connectivity index (χ2v) is 33.8. The van der Waals surface area contributed by atoms with Crippen molar-refractivity contribution in [3.05, 3.63) is 70.1 Å². The molecular formula is C86H136N24O25. The lowest BCUT2D eigenvalue weighted by atomic mass is 9.96. The summed E-state index contributed by atoms with van der Waals surface area (Å²) >= 11 is 0. The number of benzene rings is 2. The van der Waals surface area contributed by atoms with Gasteiger partial charge in [-0.1, -0.05) is 77.3 Å². The highest BCUT2D eigenvalue weighted by Gasteiger charge is 2.44. The lowest BCUT2D eigenvalue weighted by Gasteiger charge is -2.32. The number of nitrogens with zero attached hydrogens (tertiary/aromatic N) is 5. The molecule has 0 aromatic heterocycles. The molecule has 2 aliphatic heterocycles. The third-order valence-corrected chi connectivity index (χ3v) is 21.9. The Morgan fingerprint density at radius 3 is 1.33 bits per heavy atom. The van der Waals surface area contributed by atoms with Crippen molar-refractivity contribution >= 4 is 113 Å². The Labute approximate surface area is 781 Å². The number of rotatable bonds is 65. The quantitative estimate of drug-likeness (QED) is 0.00786. The van der Waals surface area contributed by atoms with Gasteiger partial charge in [-0.25, -0.2) is 4.79 Å². The molecule has 2 fully saturated rings. The van der Waals surface area contributed by atoms with Crippen molar-refractivity contribution in [2.75, 3.05) is 78.9 Å². The van der Waals surface area contributed by atoms with Crippen LogP contribution in [0, 0.1) is 28.6 Å². The van der Waals surface area contributed by atoms with Crippen LogP contribution in [0.4, 0.5) is 0 Å². The van der Waals surface area contributed by atoms with Crippen LogP contribution in [0.2, 0.25) is 0 Å². The number of phenolic OH excluding ortho intramolecular Hbond substituents is 2. The van der Waals surface area contributed by atoms with Crippen molar-refractivity contribution in [2.45, 2.75) is 255 Å². The standard InChI is InChI=1S/C86H136N24O25/c1-7-50(6)71(81(128)106-64(84(131)132)43-49(4)5)107-78(125)61(45-52-21-25-54(112)26-22-52)105-80(127)66-18-13-35-110(66)83(130)58(16-11-32-95-86(91)92)99-72(119)55(15-10-31-94-85(89)90)98-79(126)65-17-12-34-109(65)82(129)57(14-8-9-30-87)100-76(123)62(46-67(88)113)103-77(124)63(47-70(117)118)104-75(122)60(44-51-19-23-53(111)24-20-51)102-74(121)59(42-48(2)3)101-73(120)56(27-28-69(115)116)97-68(114)29-36-133-38-40-135-41-39-134-37-33-96-108-93/h19-26,48-50,55-66,71,111-112H,7-18,27-47,87H2,1-6H3,(H2,88,113)(H,97,114)(H,98,126)(H,99,119)(H,100,123)(H,101,120)(H,102,121)(H,103,124)(H,104,122)(H,105,127)(H,106,128)(H,107,125)(H,115,116)(H,117,118)(H,131,132)(H4,89,90,94)(H4,91,92,95). The van der Waals surface area contributed by atoms with Gasteiger partial charge in [-0.05, 0) is 155 Å². The van der Waals surface area contributed by atoms with E-state index in [1.165, 1.54) is 53.4 Å². The van der Waals surface area contributed by atoms with E-state index in [-0.39, 0.29) is 204 Å². The Bertz CT molecular complexity index is 4350. The molecule has 0 aliphatic carbocycles. The molecule has 4 rings (SSSR count). The summed E-state index contributed by atoms with van der Waals surface area (Å²) in [6.45, 7) is 10.9. The van der Waals surface area contributed by atoms with Crippen LogP contribution in [0.25, 0.3) is 10.4 Å². The maximum atomic E-state index is 15.2.